The number of carboxylic acid groups (broad SMARTS) is 3. The lowest BCUT2D eigenvalue weighted by molar-refractivity contribution is -0.195. The first-order chi connectivity index (χ1) is 8.26. The maximum atomic E-state index is 11.1. The fourth-order valence-corrected chi connectivity index (χ4v) is 1.80. The van der Waals surface area contributed by atoms with Crippen LogP contribution in [0.5, 0.6) is 0 Å². The number of aliphatic carboxylic acids is 3. The van der Waals surface area contributed by atoms with Crippen LogP contribution in [0.1, 0.15) is 6.42 Å². The van der Waals surface area contributed by atoms with E-state index < -0.39 is 55.0 Å². The second kappa shape index (κ2) is 5.76. The first kappa shape index (κ1) is 16.3. The molecule has 6 N–H and O–H groups in total. The second-order valence-corrected chi connectivity index (χ2v) is 3.74. The quantitative estimate of drug-likeness (QED) is 0.261. The normalized spacial score (nSPS) is 12.2. The van der Waals surface area contributed by atoms with Crippen LogP contribution in [0.15, 0.2) is 0 Å². The van der Waals surface area contributed by atoms with Gasteiger partial charge in [-0.15, -0.1) is 0 Å². The number of carbonyl (C=O) groups is 3. The Morgan fingerprint density at radius 3 is 1.28 bits per heavy atom. The average molecular weight is 266 g/mol. The zero-order valence-corrected chi connectivity index (χ0v) is 9.24. The van der Waals surface area contributed by atoms with Gasteiger partial charge >= 0.3 is 17.9 Å². The van der Waals surface area contributed by atoms with Crippen LogP contribution >= 0.6 is 0 Å². The molecule has 0 unspecified atom stereocenters. The van der Waals surface area contributed by atoms with Crippen LogP contribution in [-0.2, 0) is 14.4 Å². The standard InChI is InChI=1S/C9H14O9/c10-2-1-8(3-11,4-12)9(5(13)14,6(15)16)7(17)18/h10-12H,1-4H2,(H,13,14)(H,15,16)(H,17,18). The minimum Gasteiger partial charge on any atom is -0.480 e. The van der Waals surface area contributed by atoms with E-state index in [0.717, 1.165) is 0 Å². The van der Waals surface area contributed by atoms with Crippen molar-refractivity contribution in [3.63, 3.8) is 0 Å². The first-order valence-electron chi connectivity index (χ1n) is 4.79. The van der Waals surface area contributed by atoms with Crippen molar-refractivity contribution in [1.82, 2.24) is 0 Å². The number of aliphatic hydroxyl groups is 3. The summed E-state index contributed by atoms with van der Waals surface area (Å²) < 4.78 is 0. The lowest BCUT2D eigenvalue weighted by Gasteiger charge is -2.39. The Hall–Kier alpha value is -1.71. The van der Waals surface area contributed by atoms with E-state index in [-0.39, 0.29) is 0 Å². The molecule has 0 radical (unpaired) electrons. The molecule has 0 amide bonds. The Labute approximate surface area is 101 Å². The lowest BCUT2D eigenvalue weighted by Crippen LogP contribution is -2.62. The molecule has 0 spiro atoms. The Morgan fingerprint density at radius 1 is 0.778 bits per heavy atom. The van der Waals surface area contributed by atoms with Gasteiger partial charge in [0.25, 0.3) is 5.41 Å². The highest BCUT2D eigenvalue weighted by molar-refractivity contribution is 6.17. The summed E-state index contributed by atoms with van der Waals surface area (Å²) in [6, 6.07) is 0. The molecular formula is C9H14O9. The van der Waals surface area contributed by atoms with Crippen LogP contribution in [-0.4, -0.2) is 68.4 Å². The van der Waals surface area contributed by atoms with Gasteiger partial charge in [-0.2, -0.15) is 0 Å². The Morgan fingerprint density at radius 2 is 1.11 bits per heavy atom. The summed E-state index contributed by atoms with van der Waals surface area (Å²) in [4.78, 5) is 33.2. The fourth-order valence-electron chi connectivity index (χ4n) is 1.80. The van der Waals surface area contributed by atoms with E-state index >= 15 is 0 Å². The van der Waals surface area contributed by atoms with Gasteiger partial charge in [0.1, 0.15) is 0 Å². The molecule has 0 atom stereocenters. The number of hydrogen-bond donors (Lipinski definition) is 6. The van der Waals surface area contributed by atoms with Gasteiger partial charge in [-0.25, -0.2) is 0 Å². The van der Waals surface area contributed by atoms with Crippen LogP contribution in [0.3, 0.4) is 0 Å². The molecule has 0 fully saturated rings. The van der Waals surface area contributed by atoms with Crippen molar-refractivity contribution in [3.8, 4) is 0 Å². The first-order valence-corrected chi connectivity index (χ1v) is 4.79. The second-order valence-electron chi connectivity index (χ2n) is 3.74. The molecule has 0 heterocycles. The van der Waals surface area contributed by atoms with E-state index in [1.807, 2.05) is 0 Å². The average Bonchev–Trinajstić information content (AvgIpc) is 2.26. The molecule has 0 aliphatic heterocycles. The Kier molecular flexibility index (Phi) is 5.21. The molecule has 0 rings (SSSR count). The van der Waals surface area contributed by atoms with Crippen LogP contribution in [0.2, 0.25) is 0 Å². The van der Waals surface area contributed by atoms with Crippen molar-refractivity contribution in [2.24, 2.45) is 10.8 Å². The van der Waals surface area contributed by atoms with E-state index in [2.05, 4.69) is 0 Å². The van der Waals surface area contributed by atoms with E-state index in [0.29, 0.717) is 0 Å². The molecule has 0 aromatic rings. The summed E-state index contributed by atoms with van der Waals surface area (Å²) in [7, 11) is 0. The maximum absolute atomic E-state index is 11.1. The molecule has 18 heavy (non-hydrogen) atoms. The monoisotopic (exact) mass is 266 g/mol. The van der Waals surface area contributed by atoms with Crippen molar-refractivity contribution in [3.05, 3.63) is 0 Å². The SMILES string of the molecule is O=C(O)C(C(=O)O)(C(=O)O)C(CO)(CO)CCO. The third-order valence-electron chi connectivity index (χ3n) is 2.95. The highest BCUT2D eigenvalue weighted by Crippen LogP contribution is 2.43. The molecule has 0 saturated carbocycles. The van der Waals surface area contributed by atoms with Crippen LogP contribution in [0.4, 0.5) is 0 Å². The highest BCUT2D eigenvalue weighted by Gasteiger charge is 2.68. The molecule has 0 aromatic heterocycles. The van der Waals surface area contributed by atoms with Crippen molar-refractivity contribution < 1.29 is 45.0 Å². The Balaban J connectivity index is 6.18. The third-order valence-corrected chi connectivity index (χ3v) is 2.95. The van der Waals surface area contributed by atoms with Gasteiger partial charge in [-0.05, 0) is 6.42 Å². The largest absolute Gasteiger partial charge is 0.480 e. The van der Waals surface area contributed by atoms with Crippen molar-refractivity contribution in [2.75, 3.05) is 19.8 Å². The molecule has 0 aliphatic carbocycles. The van der Waals surface area contributed by atoms with Gasteiger partial charge in [0.2, 0.25) is 0 Å². The van der Waals surface area contributed by atoms with Crippen LogP contribution in [0, 0.1) is 10.8 Å². The summed E-state index contributed by atoms with van der Waals surface area (Å²) in [5.74, 6) is -6.71. The minimum atomic E-state index is -3.45. The number of rotatable bonds is 8. The molecule has 0 aromatic carbocycles. The van der Waals surface area contributed by atoms with Gasteiger partial charge in [-0.1, -0.05) is 0 Å². The molecule has 104 valence electrons. The van der Waals surface area contributed by atoms with Crippen LogP contribution in [0.25, 0.3) is 0 Å². The zero-order valence-electron chi connectivity index (χ0n) is 9.24. The Bertz CT molecular complexity index is 308. The van der Waals surface area contributed by atoms with Crippen molar-refractivity contribution in [2.45, 2.75) is 6.42 Å². The van der Waals surface area contributed by atoms with Gasteiger partial charge in [0, 0.05) is 6.61 Å². The molecule has 0 saturated heterocycles. The van der Waals surface area contributed by atoms with E-state index in [1.165, 1.54) is 0 Å². The third kappa shape index (κ3) is 2.03. The minimum absolute atomic E-state index is 0.703. The van der Waals surface area contributed by atoms with Gasteiger partial charge in [-0.3, -0.25) is 14.4 Å². The van der Waals surface area contributed by atoms with E-state index in [9.17, 15) is 14.4 Å². The summed E-state index contributed by atoms with van der Waals surface area (Å²) in [5, 5.41) is 53.8. The summed E-state index contributed by atoms with van der Waals surface area (Å²) in [5.41, 5.74) is -5.87. The van der Waals surface area contributed by atoms with Gasteiger partial charge in [0.05, 0.1) is 18.6 Å². The van der Waals surface area contributed by atoms with Gasteiger partial charge < -0.3 is 30.6 Å². The maximum Gasteiger partial charge on any atom is 0.333 e. The summed E-state index contributed by atoms with van der Waals surface area (Å²) >= 11 is 0. The molecule has 9 heteroatoms. The highest BCUT2D eigenvalue weighted by atomic mass is 16.4. The zero-order chi connectivity index (χ0) is 14.6. The topological polar surface area (TPSA) is 173 Å². The fraction of sp³-hybridized carbons (Fsp3) is 0.667. The number of carboxylic acids is 3. The molecule has 9 nitrogen and oxygen atoms in total. The molecular weight excluding hydrogens is 252 g/mol. The lowest BCUT2D eigenvalue weighted by atomic mass is 9.62. The predicted molar refractivity (Wildman–Crippen MR) is 53.6 cm³/mol. The van der Waals surface area contributed by atoms with E-state index in [1.54, 1.807) is 0 Å². The molecule has 0 bridgehead atoms. The summed E-state index contributed by atoms with van der Waals surface area (Å²) in [6.07, 6.45) is -0.703. The molecule has 0 aliphatic rings. The van der Waals surface area contributed by atoms with Crippen molar-refractivity contribution >= 4 is 17.9 Å². The van der Waals surface area contributed by atoms with Gasteiger partial charge in [0.15, 0.2) is 0 Å². The number of hydrogen-bond acceptors (Lipinski definition) is 6. The van der Waals surface area contributed by atoms with Crippen molar-refractivity contribution in [1.29, 1.82) is 0 Å². The number of aliphatic hydroxyl groups excluding tert-OH is 3. The summed E-state index contributed by atoms with van der Waals surface area (Å²) in [6.45, 7) is -3.25. The van der Waals surface area contributed by atoms with E-state index in [4.69, 9.17) is 30.6 Å². The predicted octanol–water partition coefficient (Wildman–Crippen LogP) is -2.42. The smallest absolute Gasteiger partial charge is 0.333 e. The van der Waals surface area contributed by atoms with Crippen LogP contribution < -0.4 is 0 Å².